The number of hydrogen-bond acceptors (Lipinski definition) is 7. The minimum Gasteiger partial charge on any atom is -0.481 e. The van der Waals surface area contributed by atoms with Gasteiger partial charge >= 0.3 is 12.1 Å². The van der Waals surface area contributed by atoms with Gasteiger partial charge in [-0.05, 0) is 57.5 Å². The van der Waals surface area contributed by atoms with Crippen molar-refractivity contribution in [2.24, 2.45) is 0 Å². The maximum atomic E-state index is 15.9. The van der Waals surface area contributed by atoms with Gasteiger partial charge in [0.1, 0.15) is 28.9 Å². The van der Waals surface area contributed by atoms with Gasteiger partial charge in [-0.2, -0.15) is 0 Å². The highest BCUT2D eigenvalue weighted by molar-refractivity contribution is 5.93. The van der Waals surface area contributed by atoms with Crippen LogP contribution in [-0.2, 0) is 27.2 Å². The summed E-state index contributed by atoms with van der Waals surface area (Å²) in [5.74, 6) is -0.162. The molecule has 42 heavy (non-hydrogen) atoms. The third kappa shape index (κ3) is 6.20. The second-order valence-corrected chi connectivity index (χ2v) is 11.3. The van der Waals surface area contributed by atoms with Gasteiger partial charge in [-0.15, -0.1) is 0 Å². The Morgan fingerprint density at radius 2 is 1.83 bits per heavy atom. The molecule has 1 amide bonds. The van der Waals surface area contributed by atoms with E-state index in [0.29, 0.717) is 41.2 Å². The van der Waals surface area contributed by atoms with Crippen molar-refractivity contribution in [1.29, 1.82) is 0 Å². The van der Waals surface area contributed by atoms with E-state index in [2.05, 4.69) is 10.2 Å². The molecule has 9 heteroatoms. The van der Waals surface area contributed by atoms with Crippen LogP contribution in [-0.4, -0.2) is 37.9 Å². The molecule has 0 fully saturated rings. The van der Waals surface area contributed by atoms with Crippen LogP contribution >= 0.6 is 0 Å². The zero-order chi connectivity index (χ0) is 30.0. The third-order valence-corrected chi connectivity index (χ3v) is 6.96. The van der Waals surface area contributed by atoms with E-state index >= 15 is 4.39 Å². The SMILES string of the molecule is CCOC(=O)Cc1cccc2c1OC(c1cc(-c3cccc(CNC(=O)OC(C)(C)C)c3F)c3occc3c1)CN2C. The largest absolute Gasteiger partial charge is 0.481 e. The minimum atomic E-state index is -0.662. The van der Waals surface area contributed by atoms with Gasteiger partial charge in [-0.1, -0.05) is 30.3 Å². The Morgan fingerprint density at radius 3 is 2.60 bits per heavy atom. The molecule has 0 aliphatic carbocycles. The Morgan fingerprint density at radius 1 is 1.07 bits per heavy atom. The zero-order valence-corrected chi connectivity index (χ0v) is 24.5. The molecule has 1 aromatic heterocycles. The molecule has 8 nitrogen and oxygen atoms in total. The van der Waals surface area contributed by atoms with Crippen LogP contribution in [0.3, 0.4) is 0 Å². The lowest BCUT2D eigenvalue weighted by Gasteiger charge is -2.35. The van der Waals surface area contributed by atoms with Crippen LogP contribution in [0.4, 0.5) is 14.9 Å². The summed E-state index contributed by atoms with van der Waals surface area (Å²) in [5, 5.41) is 3.43. The highest BCUT2D eigenvalue weighted by Gasteiger charge is 2.29. The number of amides is 1. The van der Waals surface area contributed by atoms with Crippen molar-refractivity contribution in [3.05, 3.63) is 83.4 Å². The Labute approximate surface area is 244 Å². The molecule has 5 rings (SSSR count). The molecule has 0 spiro atoms. The molecule has 0 bridgehead atoms. The first kappa shape index (κ1) is 29.0. The number of halogens is 1. The summed E-state index contributed by atoms with van der Waals surface area (Å²) >= 11 is 0. The standard InChI is InChI=1S/C33H35FN2O6/c1-6-39-28(37)17-20-9-8-12-26-31(20)41-27(19-36(26)5)23-15-21-13-14-40-30(21)25(16-23)24-11-7-10-22(29(24)34)18-35-32(38)42-33(2,3)4/h7-16,27H,6,17-19H2,1-5H3,(H,35,38). The van der Waals surface area contributed by atoms with Crippen LogP contribution in [0.2, 0.25) is 0 Å². The number of para-hydroxylation sites is 1. The molecule has 3 aromatic carbocycles. The predicted octanol–water partition coefficient (Wildman–Crippen LogP) is 6.94. The number of carbonyl (C=O) groups is 2. The number of ether oxygens (including phenoxy) is 3. The fraction of sp³-hybridized carbons (Fsp3) is 0.333. The number of likely N-dealkylation sites (N-methyl/N-ethyl adjacent to an activating group) is 1. The molecule has 0 saturated heterocycles. The minimum absolute atomic E-state index is 0.0356. The quantitative estimate of drug-likeness (QED) is 0.239. The molecule has 1 atom stereocenters. The fourth-order valence-electron chi connectivity index (χ4n) is 5.11. The second kappa shape index (κ2) is 11.8. The third-order valence-electron chi connectivity index (χ3n) is 6.96. The Bertz CT molecular complexity index is 1620. The molecule has 1 unspecified atom stereocenters. The van der Waals surface area contributed by atoms with E-state index in [4.69, 9.17) is 18.6 Å². The van der Waals surface area contributed by atoms with E-state index in [1.165, 1.54) is 0 Å². The van der Waals surface area contributed by atoms with E-state index in [9.17, 15) is 9.59 Å². The lowest BCUT2D eigenvalue weighted by Crippen LogP contribution is -2.32. The van der Waals surface area contributed by atoms with Crippen LogP contribution < -0.4 is 15.0 Å². The smallest absolute Gasteiger partial charge is 0.407 e. The topological polar surface area (TPSA) is 90.2 Å². The number of rotatable bonds is 7. The molecular weight excluding hydrogens is 539 g/mol. The van der Waals surface area contributed by atoms with Gasteiger partial charge in [-0.3, -0.25) is 4.79 Å². The monoisotopic (exact) mass is 574 g/mol. The summed E-state index contributed by atoms with van der Waals surface area (Å²) in [6.45, 7) is 7.89. The van der Waals surface area contributed by atoms with Crippen molar-refractivity contribution in [2.75, 3.05) is 25.1 Å². The van der Waals surface area contributed by atoms with Crippen LogP contribution in [0, 0.1) is 5.82 Å². The Kier molecular flexibility index (Phi) is 8.11. The van der Waals surface area contributed by atoms with Crippen LogP contribution in [0.25, 0.3) is 22.1 Å². The first-order chi connectivity index (χ1) is 20.0. The van der Waals surface area contributed by atoms with E-state index in [0.717, 1.165) is 22.2 Å². The van der Waals surface area contributed by atoms with Crippen molar-refractivity contribution in [3.63, 3.8) is 0 Å². The summed E-state index contributed by atoms with van der Waals surface area (Å²) in [7, 11) is 1.97. The van der Waals surface area contributed by atoms with Gasteiger partial charge in [0.15, 0.2) is 0 Å². The first-order valence-electron chi connectivity index (χ1n) is 13.9. The number of benzene rings is 3. The molecule has 1 aliphatic heterocycles. The van der Waals surface area contributed by atoms with Crippen molar-refractivity contribution in [2.45, 2.75) is 52.4 Å². The fourth-order valence-corrected chi connectivity index (χ4v) is 5.11. The van der Waals surface area contributed by atoms with Gasteiger partial charge < -0.3 is 28.8 Å². The van der Waals surface area contributed by atoms with E-state index < -0.39 is 23.6 Å². The van der Waals surface area contributed by atoms with E-state index in [1.54, 1.807) is 52.2 Å². The number of fused-ring (bicyclic) bond motifs is 2. The van der Waals surface area contributed by atoms with Crippen molar-refractivity contribution >= 4 is 28.7 Å². The Hall–Kier alpha value is -4.53. The van der Waals surface area contributed by atoms with Crippen LogP contribution in [0.5, 0.6) is 5.75 Å². The lowest BCUT2D eigenvalue weighted by molar-refractivity contribution is -0.142. The maximum absolute atomic E-state index is 15.9. The summed E-state index contributed by atoms with van der Waals surface area (Å²) in [6, 6.07) is 16.5. The summed E-state index contributed by atoms with van der Waals surface area (Å²) in [6.07, 6.45) is 0.649. The lowest BCUT2D eigenvalue weighted by atomic mass is 9.95. The second-order valence-electron chi connectivity index (χ2n) is 11.3. The number of nitrogens with zero attached hydrogens (tertiary/aromatic N) is 1. The highest BCUT2D eigenvalue weighted by Crippen LogP contribution is 2.42. The van der Waals surface area contributed by atoms with Crippen LogP contribution in [0.15, 0.2) is 65.3 Å². The number of nitrogens with one attached hydrogen (secondary N) is 1. The highest BCUT2D eigenvalue weighted by atomic mass is 19.1. The normalized spacial score (nSPS) is 14.7. The van der Waals surface area contributed by atoms with Gasteiger partial charge in [-0.25, -0.2) is 9.18 Å². The van der Waals surface area contributed by atoms with Gasteiger partial charge in [0.2, 0.25) is 0 Å². The number of esters is 1. The number of carbonyl (C=O) groups excluding carboxylic acids is 2. The molecule has 2 heterocycles. The van der Waals surface area contributed by atoms with Gasteiger partial charge in [0, 0.05) is 41.2 Å². The van der Waals surface area contributed by atoms with E-state index in [1.807, 2.05) is 43.4 Å². The molecule has 1 aliphatic rings. The summed E-state index contributed by atoms with van der Waals surface area (Å²) in [5.41, 5.74) is 3.56. The maximum Gasteiger partial charge on any atom is 0.407 e. The van der Waals surface area contributed by atoms with Crippen LogP contribution in [0.1, 0.15) is 50.5 Å². The molecule has 220 valence electrons. The number of alkyl carbamates (subject to hydrolysis) is 1. The molecule has 1 N–H and O–H groups in total. The number of anilines is 1. The zero-order valence-electron chi connectivity index (χ0n) is 24.5. The van der Waals surface area contributed by atoms with E-state index in [-0.39, 0.29) is 18.9 Å². The molecule has 0 radical (unpaired) electrons. The van der Waals surface area contributed by atoms with Crippen molar-refractivity contribution in [1.82, 2.24) is 5.32 Å². The summed E-state index contributed by atoms with van der Waals surface area (Å²) < 4.78 is 38.7. The average Bonchev–Trinajstić information content (AvgIpc) is 3.41. The molecular formula is C33H35FN2O6. The number of furan rings is 1. The van der Waals surface area contributed by atoms with Crippen molar-refractivity contribution < 1.29 is 32.6 Å². The average molecular weight is 575 g/mol. The Balaban J connectivity index is 1.48. The number of hydrogen-bond donors (Lipinski definition) is 1. The predicted molar refractivity (Wildman–Crippen MR) is 158 cm³/mol. The first-order valence-corrected chi connectivity index (χ1v) is 13.9. The summed E-state index contributed by atoms with van der Waals surface area (Å²) in [4.78, 5) is 26.5. The molecule has 4 aromatic rings. The molecule has 0 saturated carbocycles. The van der Waals surface area contributed by atoms with Gasteiger partial charge in [0.25, 0.3) is 0 Å². The van der Waals surface area contributed by atoms with Gasteiger partial charge in [0.05, 0.1) is 31.5 Å². The van der Waals surface area contributed by atoms with Crippen molar-refractivity contribution in [3.8, 4) is 16.9 Å².